The van der Waals surface area contributed by atoms with Crippen molar-refractivity contribution in [3.8, 4) is 0 Å². The van der Waals surface area contributed by atoms with Crippen molar-refractivity contribution in [3.63, 3.8) is 0 Å². The van der Waals surface area contributed by atoms with Crippen LogP contribution in [0.4, 0.5) is 0 Å². The quantitative estimate of drug-likeness (QED) is 0.634. The monoisotopic (exact) mass is 300 g/mol. The zero-order valence-corrected chi connectivity index (χ0v) is 14.3. The van der Waals surface area contributed by atoms with Crippen LogP contribution in [0.5, 0.6) is 0 Å². The fourth-order valence-corrected chi connectivity index (χ4v) is 3.37. The summed E-state index contributed by atoms with van der Waals surface area (Å²) in [5.74, 6) is 1.20. The van der Waals surface area contributed by atoms with E-state index < -0.39 is 0 Å². The molecule has 0 bridgehead atoms. The van der Waals surface area contributed by atoms with Gasteiger partial charge in [-0.25, -0.2) is 0 Å². The molecule has 0 saturated heterocycles. The molecule has 2 aromatic rings. The minimum absolute atomic E-state index is 0.493. The molecule has 0 saturated carbocycles. The second-order valence-electron chi connectivity index (χ2n) is 6.23. The summed E-state index contributed by atoms with van der Waals surface area (Å²) in [4.78, 5) is 0. The van der Waals surface area contributed by atoms with E-state index in [4.69, 9.17) is 11.6 Å². The Balaban J connectivity index is 2.19. The normalized spacial score (nSPS) is 12.4. The summed E-state index contributed by atoms with van der Waals surface area (Å²) >= 11 is 6.26. The Morgan fingerprint density at radius 1 is 0.857 bits per heavy atom. The molecule has 1 heteroatoms. The van der Waals surface area contributed by atoms with Crippen LogP contribution in [-0.2, 0) is 12.8 Å². The van der Waals surface area contributed by atoms with E-state index >= 15 is 0 Å². The maximum absolute atomic E-state index is 6.26. The van der Waals surface area contributed by atoms with Crippen LogP contribution in [0.15, 0.2) is 36.4 Å². The molecule has 2 aromatic carbocycles. The fraction of sp³-hybridized carbons (Fsp3) is 0.400. The highest BCUT2D eigenvalue weighted by Crippen LogP contribution is 2.23. The number of rotatable bonds is 5. The largest absolute Gasteiger partial charge is 0.126 e. The number of alkyl halides is 1. The summed E-state index contributed by atoms with van der Waals surface area (Å²) in [7, 11) is 0. The minimum atomic E-state index is 0.493. The lowest BCUT2D eigenvalue weighted by atomic mass is 9.88. The van der Waals surface area contributed by atoms with E-state index in [9.17, 15) is 0 Å². The molecule has 0 aliphatic heterocycles. The van der Waals surface area contributed by atoms with Gasteiger partial charge in [0.15, 0.2) is 0 Å². The van der Waals surface area contributed by atoms with Gasteiger partial charge in [0.05, 0.1) is 0 Å². The average molecular weight is 301 g/mol. The molecule has 0 aromatic heterocycles. The van der Waals surface area contributed by atoms with Crippen molar-refractivity contribution in [2.45, 2.75) is 40.5 Å². The van der Waals surface area contributed by atoms with E-state index in [0.717, 1.165) is 12.8 Å². The molecule has 0 fully saturated rings. The minimum Gasteiger partial charge on any atom is -0.126 e. The lowest BCUT2D eigenvalue weighted by Crippen LogP contribution is -2.13. The van der Waals surface area contributed by atoms with Gasteiger partial charge in [-0.3, -0.25) is 0 Å². The van der Waals surface area contributed by atoms with Crippen molar-refractivity contribution < 1.29 is 0 Å². The average Bonchev–Trinajstić information content (AvgIpc) is 2.43. The van der Waals surface area contributed by atoms with E-state index in [1.165, 1.54) is 33.4 Å². The third-order valence-corrected chi connectivity index (χ3v) is 4.76. The van der Waals surface area contributed by atoms with Crippen molar-refractivity contribution in [3.05, 3.63) is 69.8 Å². The Morgan fingerprint density at radius 2 is 1.48 bits per heavy atom. The SMILES string of the molecule is Cc1cc(C)c(CC(CCl)Cc2ccccc2C)c(C)c1. The zero-order valence-electron chi connectivity index (χ0n) is 13.5. The Kier molecular flexibility index (Phi) is 5.47. The van der Waals surface area contributed by atoms with Gasteiger partial charge in [-0.2, -0.15) is 0 Å². The summed E-state index contributed by atoms with van der Waals surface area (Å²) in [6, 6.07) is 13.2. The molecule has 112 valence electrons. The van der Waals surface area contributed by atoms with Gasteiger partial charge < -0.3 is 0 Å². The van der Waals surface area contributed by atoms with Gasteiger partial charge in [-0.05, 0) is 74.3 Å². The van der Waals surface area contributed by atoms with Crippen molar-refractivity contribution in [1.82, 2.24) is 0 Å². The molecule has 0 heterocycles. The van der Waals surface area contributed by atoms with Crippen molar-refractivity contribution in [2.75, 3.05) is 5.88 Å². The van der Waals surface area contributed by atoms with Crippen molar-refractivity contribution >= 4 is 11.6 Å². The maximum Gasteiger partial charge on any atom is 0.0258 e. The topological polar surface area (TPSA) is 0 Å². The van der Waals surface area contributed by atoms with Gasteiger partial charge >= 0.3 is 0 Å². The van der Waals surface area contributed by atoms with Gasteiger partial charge in [0.2, 0.25) is 0 Å². The number of halogens is 1. The van der Waals surface area contributed by atoms with E-state index in [2.05, 4.69) is 64.1 Å². The number of aryl methyl sites for hydroxylation is 4. The first-order valence-corrected chi connectivity index (χ1v) is 8.22. The molecule has 0 radical (unpaired) electrons. The van der Waals surface area contributed by atoms with Crippen molar-refractivity contribution in [2.24, 2.45) is 5.92 Å². The maximum atomic E-state index is 6.26. The third kappa shape index (κ3) is 4.11. The number of benzene rings is 2. The lowest BCUT2D eigenvalue weighted by Gasteiger charge is -2.19. The molecule has 0 N–H and O–H groups in total. The lowest BCUT2D eigenvalue weighted by molar-refractivity contribution is 0.579. The van der Waals surface area contributed by atoms with E-state index in [1.807, 2.05) is 0 Å². The van der Waals surface area contributed by atoms with Crippen LogP contribution in [0.25, 0.3) is 0 Å². The van der Waals surface area contributed by atoms with E-state index in [1.54, 1.807) is 0 Å². The van der Waals surface area contributed by atoms with Gasteiger partial charge in [-0.15, -0.1) is 11.6 Å². The standard InChI is InChI=1S/C20H25Cl/c1-14-9-16(3)20(17(4)10-14)12-18(13-21)11-19-8-6-5-7-15(19)2/h5-10,18H,11-13H2,1-4H3. The summed E-state index contributed by atoms with van der Waals surface area (Å²) in [5, 5.41) is 0. The van der Waals surface area contributed by atoms with E-state index in [-0.39, 0.29) is 0 Å². The molecule has 2 rings (SSSR count). The smallest absolute Gasteiger partial charge is 0.0258 e. The number of hydrogen-bond acceptors (Lipinski definition) is 0. The van der Waals surface area contributed by atoms with Crippen LogP contribution in [0.3, 0.4) is 0 Å². The highest BCUT2D eigenvalue weighted by atomic mass is 35.5. The Hall–Kier alpha value is -1.27. The fourth-order valence-electron chi connectivity index (χ4n) is 3.15. The predicted octanol–water partition coefficient (Wildman–Crippen LogP) is 5.56. The molecule has 1 unspecified atom stereocenters. The van der Waals surface area contributed by atoms with Crippen LogP contribution < -0.4 is 0 Å². The Bertz CT molecular complexity index is 590. The second kappa shape index (κ2) is 7.13. The summed E-state index contributed by atoms with van der Waals surface area (Å²) in [6.45, 7) is 8.78. The van der Waals surface area contributed by atoms with Crippen LogP contribution in [-0.4, -0.2) is 5.88 Å². The van der Waals surface area contributed by atoms with E-state index in [0.29, 0.717) is 11.8 Å². The molecule has 1 atom stereocenters. The van der Waals surface area contributed by atoms with Crippen LogP contribution in [0, 0.1) is 33.6 Å². The third-order valence-electron chi connectivity index (χ3n) is 4.32. The highest BCUT2D eigenvalue weighted by Gasteiger charge is 2.14. The molecule has 0 nitrogen and oxygen atoms in total. The van der Waals surface area contributed by atoms with Gasteiger partial charge in [-0.1, -0.05) is 42.0 Å². The van der Waals surface area contributed by atoms with Gasteiger partial charge in [0.25, 0.3) is 0 Å². The van der Waals surface area contributed by atoms with Crippen LogP contribution >= 0.6 is 11.6 Å². The molecule has 0 spiro atoms. The van der Waals surface area contributed by atoms with Crippen molar-refractivity contribution in [1.29, 1.82) is 0 Å². The molecular weight excluding hydrogens is 276 g/mol. The molecular formula is C20H25Cl. The first-order valence-electron chi connectivity index (χ1n) is 7.68. The zero-order chi connectivity index (χ0) is 15.4. The van der Waals surface area contributed by atoms with Gasteiger partial charge in [0, 0.05) is 5.88 Å². The van der Waals surface area contributed by atoms with Crippen LogP contribution in [0.1, 0.15) is 33.4 Å². The summed E-state index contributed by atoms with van der Waals surface area (Å²) < 4.78 is 0. The number of hydrogen-bond donors (Lipinski definition) is 0. The molecule has 21 heavy (non-hydrogen) atoms. The summed E-state index contributed by atoms with van der Waals surface area (Å²) in [6.07, 6.45) is 2.12. The van der Waals surface area contributed by atoms with Gasteiger partial charge in [0.1, 0.15) is 0 Å². The predicted molar refractivity (Wildman–Crippen MR) is 93.5 cm³/mol. The first kappa shape index (κ1) is 16.1. The molecule has 0 amide bonds. The first-order chi connectivity index (χ1) is 10.0. The molecule has 0 aliphatic carbocycles. The van der Waals surface area contributed by atoms with Crippen LogP contribution in [0.2, 0.25) is 0 Å². The summed E-state index contributed by atoms with van der Waals surface area (Å²) in [5.41, 5.74) is 8.39. The Morgan fingerprint density at radius 3 is 2.05 bits per heavy atom. The highest BCUT2D eigenvalue weighted by molar-refractivity contribution is 6.18. The molecule has 0 aliphatic rings. The Labute approximate surface area is 134 Å². The second-order valence-corrected chi connectivity index (χ2v) is 6.54.